The first-order chi connectivity index (χ1) is 8.32. The number of rotatable bonds is 3. The molecule has 0 bridgehead atoms. The number of aliphatic hydroxyl groups excluding tert-OH is 1. The van der Waals surface area contributed by atoms with Gasteiger partial charge < -0.3 is 10.8 Å². The number of nitrogens with two attached hydrogens (primary N) is 1. The second-order valence-corrected chi connectivity index (χ2v) is 4.56. The van der Waals surface area contributed by atoms with Gasteiger partial charge in [0.2, 0.25) is 0 Å². The Balaban J connectivity index is 0.00000180. The SMILES string of the molecule is Cl.N[C@@H](c1cccc(C(F)(F)F)c1F)[C@H](O)C1CC1. The summed E-state index contributed by atoms with van der Waals surface area (Å²) in [5.41, 5.74) is 4.00. The summed E-state index contributed by atoms with van der Waals surface area (Å²) in [5, 5.41) is 9.76. The zero-order chi connectivity index (χ0) is 13.5. The molecule has 1 aromatic rings. The molecule has 0 unspecified atom stereocenters. The van der Waals surface area contributed by atoms with E-state index in [1.54, 1.807) is 0 Å². The highest BCUT2D eigenvalue weighted by Gasteiger charge is 2.39. The Morgan fingerprint density at radius 1 is 1.26 bits per heavy atom. The van der Waals surface area contributed by atoms with Gasteiger partial charge in [0.1, 0.15) is 5.82 Å². The highest BCUT2D eigenvalue weighted by Crippen LogP contribution is 2.39. The van der Waals surface area contributed by atoms with Crippen molar-refractivity contribution in [3.05, 3.63) is 35.1 Å². The number of halogens is 5. The van der Waals surface area contributed by atoms with E-state index in [1.807, 2.05) is 0 Å². The molecule has 7 heteroatoms. The van der Waals surface area contributed by atoms with Crippen LogP contribution in [0.3, 0.4) is 0 Å². The lowest BCUT2D eigenvalue weighted by molar-refractivity contribution is -0.140. The normalized spacial score (nSPS) is 18.6. The first-order valence-corrected chi connectivity index (χ1v) is 5.61. The fourth-order valence-corrected chi connectivity index (χ4v) is 1.94. The highest BCUT2D eigenvalue weighted by molar-refractivity contribution is 5.85. The van der Waals surface area contributed by atoms with Gasteiger partial charge in [0, 0.05) is 5.56 Å². The monoisotopic (exact) mass is 299 g/mol. The third-order valence-electron chi connectivity index (χ3n) is 3.17. The van der Waals surface area contributed by atoms with Crippen LogP contribution in [0.5, 0.6) is 0 Å². The molecule has 2 nitrogen and oxygen atoms in total. The summed E-state index contributed by atoms with van der Waals surface area (Å²) in [6.45, 7) is 0. The summed E-state index contributed by atoms with van der Waals surface area (Å²) < 4.78 is 51.3. The van der Waals surface area contributed by atoms with Gasteiger partial charge in [-0.15, -0.1) is 12.4 Å². The van der Waals surface area contributed by atoms with Crippen LogP contribution in [0.15, 0.2) is 18.2 Å². The lowest BCUT2D eigenvalue weighted by Gasteiger charge is -2.20. The zero-order valence-electron chi connectivity index (χ0n) is 9.82. The lowest BCUT2D eigenvalue weighted by Crippen LogP contribution is -2.29. The van der Waals surface area contributed by atoms with E-state index in [4.69, 9.17) is 5.73 Å². The van der Waals surface area contributed by atoms with E-state index in [-0.39, 0.29) is 23.9 Å². The molecule has 108 valence electrons. The zero-order valence-corrected chi connectivity index (χ0v) is 10.6. The number of aliphatic hydroxyl groups is 1. The fourth-order valence-electron chi connectivity index (χ4n) is 1.94. The molecule has 1 aliphatic carbocycles. The fraction of sp³-hybridized carbons (Fsp3) is 0.500. The molecule has 0 aromatic heterocycles. The Hall–Kier alpha value is -0.850. The van der Waals surface area contributed by atoms with E-state index < -0.39 is 29.7 Å². The molecule has 0 radical (unpaired) electrons. The molecule has 1 fully saturated rings. The number of hydrogen-bond donors (Lipinski definition) is 2. The van der Waals surface area contributed by atoms with Gasteiger partial charge in [-0.3, -0.25) is 0 Å². The third kappa shape index (κ3) is 3.38. The summed E-state index contributed by atoms with van der Waals surface area (Å²) in [5.74, 6) is -1.42. The van der Waals surface area contributed by atoms with Crippen LogP contribution >= 0.6 is 12.4 Å². The van der Waals surface area contributed by atoms with Crippen molar-refractivity contribution in [3.63, 3.8) is 0 Å². The van der Waals surface area contributed by atoms with E-state index in [9.17, 15) is 22.7 Å². The summed E-state index contributed by atoms with van der Waals surface area (Å²) in [4.78, 5) is 0. The first kappa shape index (κ1) is 16.2. The largest absolute Gasteiger partial charge is 0.419 e. The topological polar surface area (TPSA) is 46.2 Å². The van der Waals surface area contributed by atoms with Gasteiger partial charge in [-0.1, -0.05) is 12.1 Å². The Kier molecular flexibility index (Phi) is 4.81. The molecule has 3 N–H and O–H groups in total. The standard InChI is InChI=1S/C12H13F4NO.ClH/c13-9-7(10(17)11(18)6-4-5-6)2-1-3-8(9)12(14,15)16;/h1-3,6,10-11,18H,4-5,17H2;1H/t10-,11+;/m0./s1. The average molecular weight is 300 g/mol. The lowest BCUT2D eigenvalue weighted by atomic mass is 9.96. The van der Waals surface area contributed by atoms with Crippen LogP contribution in [-0.2, 0) is 6.18 Å². The minimum atomic E-state index is -4.76. The maximum atomic E-state index is 13.8. The van der Waals surface area contributed by atoms with Crippen LogP contribution < -0.4 is 5.73 Å². The van der Waals surface area contributed by atoms with Crippen molar-refractivity contribution in [2.45, 2.75) is 31.2 Å². The Morgan fingerprint density at radius 2 is 1.84 bits per heavy atom. The minimum Gasteiger partial charge on any atom is -0.391 e. The summed E-state index contributed by atoms with van der Waals surface area (Å²) in [7, 11) is 0. The quantitative estimate of drug-likeness (QED) is 0.843. The van der Waals surface area contributed by atoms with Gasteiger partial charge in [0.25, 0.3) is 0 Å². The second-order valence-electron chi connectivity index (χ2n) is 4.56. The van der Waals surface area contributed by atoms with Gasteiger partial charge in [0.15, 0.2) is 0 Å². The maximum absolute atomic E-state index is 13.8. The van der Waals surface area contributed by atoms with Crippen LogP contribution in [0.2, 0.25) is 0 Å². The van der Waals surface area contributed by atoms with E-state index in [1.165, 1.54) is 6.07 Å². The average Bonchev–Trinajstić information content (AvgIpc) is 3.09. The molecule has 0 heterocycles. The Morgan fingerprint density at radius 3 is 2.32 bits per heavy atom. The van der Waals surface area contributed by atoms with Crippen molar-refractivity contribution < 1.29 is 22.7 Å². The number of benzene rings is 1. The van der Waals surface area contributed by atoms with Crippen molar-refractivity contribution in [3.8, 4) is 0 Å². The van der Waals surface area contributed by atoms with Crippen LogP contribution in [0.25, 0.3) is 0 Å². The predicted molar refractivity (Wildman–Crippen MR) is 64.3 cm³/mol. The minimum absolute atomic E-state index is 0. The van der Waals surface area contributed by atoms with Crippen LogP contribution in [-0.4, -0.2) is 11.2 Å². The molecule has 2 atom stereocenters. The molecule has 19 heavy (non-hydrogen) atoms. The van der Waals surface area contributed by atoms with E-state index in [2.05, 4.69) is 0 Å². The maximum Gasteiger partial charge on any atom is 0.419 e. The molecular weight excluding hydrogens is 286 g/mol. The van der Waals surface area contributed by atoms with Gasteiger partial charge in [-0.05, 0) is 24.8 Å². The predicted octanol–water partition coefficient (Wildman–Crippen LogP) is 3.04. The second kappa shape index (κ2) is 5.64. The van der Waals surface area contributed by atoms with E-state index in [0.29, 0.717) is 6.07 Å². The molecule has 0 aliphatic heterocycles. The molecule has 1 aromatic carbocycles. The molecule has 0 amide bonds. The van der Waals surface area contributed by atoms with Crippen LogP contribution in [0.4, 0.5) is 17.6 Å². The molecular formula is C12H14ClF4NO. The van der Waals surface area contributed by atoms with Gasteiger partial charge >= 0.3 is 6.18 Å². The molecule has 1 aliphatic rings. The molecule has 1 saturated carbocycles. The smallest absolute Gasteiger partial charge is 0.391 e. The summed E-state index contributed by atoms with van der Waals surface area (Å²) in [6.07, 6.45) is -4.21. The number of alkyl halides is 3. The van der Waals surface area contributed by atoms with Crippen molar-refractivity contribution >= 4 is 12.4 Å². The van der Waals surface area contributed by atoms with Crippen molar-refractivity contribution in [2.75, 3.05) is 0 Å². The van der Waals surface area contributed by atoms with E-state index in [0.717, 1.165) is 18.9 Å². The van der Waals surface area contributed by atoms with Crippen LogP contribution in [0, 0.1) is 11.7 Å². The van der Waals surface area contributed by atoms with Gasteiger partial charge in [-0.25, -0.2) is 4.39 Å². The highest BCUT2D eigenvalue weighted by atomic mass is 35.5. The Bertz CT molecular complexity index is 448. The van der Waals surface area contributed by atoms with Crippen molar-refractivity contribution in [1.82, 2.24) is 0 Å². The van der Waals surface area contributed by atoms with Crippen molar-refractivity contribution in [1.29, 1.82) is 0 Å². The first-order valence-electron chi connectivity index (χ1n) is 5.61. The molecule has 2 rings (SSSR count). The van der Waals surface area contributed by atoms with Gasteiger partial charge in [0.05, 0.1) is 17.7 Å². The number of hydrogen-bond acceptors (Lipinski definition) is 2. The third-order valence-corrected chi connectivity index (χ3v) is 3.17. The van der Waals surface area contributed by atoms with E-state index >= 15 is 0 Å². The molecule has 0 saturated heterocycles. The van der Waals surface area contributed by atoms with Crippen LogP contribution in [0.1, 0.15) is 30.0 Å². The molecule has 0 spiro atoms. The summed E-state index contributed by atoms with van der Waals surface area (Å²) in [6, 6.07) is 1.82. The van der Waals surface area contributed by atoms with Gasteiger partial charge in [-0.2, -0.15) is 13.2 Å². The summed E-state index contributed by atoms with van der Waals surface area (Å²) >= 11 is 0. The van der Waals surface area contributed by atoms with Crippen molar-refractivity contribution in [2.24, 2.45) is 11.7 Å². The Labute approximate surface area is 114 Å².